The summed E-state index contributed by atoms with van der Waals surface area (Å²) in [7, 11) is 0. The second-order valence-corrected chi connectivity index (χ2v) is 4.68. The van der Waals surface area contributed by atoms with E-state index in [4.69, 9.17) is 0 Å². The quantitative estimate of drug-likeness (QED) is 0.521. The Hall–Kier alpha value is -1.96. The third kappa shape index (κ3) is 2.73. The molecule has 0 radical (unpaired) electrons. The average molecular weight is 267 g/mol. The molecule has 2 rings (SSSR count). The molecule has 1 aromatic rings. The molecule has 1 heterocycles. The number of anilines is 2. The highest BCUT2D eigenvalue weighted by Crippen LogP contribution is 2.40. The smallest absolute Gasteiger partial charge is 0.332 e. The van der Waals surface area contributed by atoms with E-state index in [0.29, 0.717) is 18.2 Å². The topological polar surface area (TPSA) is 113 Å². The van der Waals surface area contributed by atoms with Gasteiger partial charge in [-0.1, -0.05) is 0 Å². The molecule has 1 saturated carbocycles. The summed E-state index contributed by atoms with van der Waals surface area (Å²) in [5.74, 6) is 0.516. The molecular formula is C11H17N5O3. The van der Waals surface area contributed by atoms with Crippen LogP contribution in [0.1, 0.15) is 25.5 Å². The van der Waals surface area contributed by atoms with Gasteiger partial charge in [-0.25, -0.2) is 4.98 Å². The van der Waals surface area contributed by atoms with Gasteiger partial charge in [-0.3, -0.25) is 10.1 Å². The molecule has 104 valence electrons. The molecule has 0 amide bonds. The Balaban J connectivity index is 2.39. The zero-order valence-corrected chi connectivity index (χ0v) is 10.9. The highest BCUT2D eigenvalue weighted by Gasteiger charge is 2.44. The molecule has 8 nitrogen and oxygen atoms in total. The van der Waals surface area contributed by atoms with Crippen molar-refractivity contribution in [2.24, 2.45) is 0 Å². The van der Waals surface area contributed by atoms with E-state index in [1.807, 2.05) is 6.92 Å². The molecule has 19 heavy (non-hydrogen) atoms. The molecule has 1 aliphatic carbocycles. The maximum atomic E-state index is 11.1. The standard InChI is InChI=1S/C11H17N5O3/c1-3-12-10-13-7(2)8(16(18)19)9(14-10)15-11(6-17)4-5-11/h17H,3-6H2,1-2H3,(H2,12,13,14,15). The molecule has 1 fully saturated rings. The zero-order chi connectivity index (χ0) is 14.0. The van der Waals surface area contributed by atoms with Gasteiger partial charge in [0.2, 0.25) is 11.8 Å². The fourth-order valence-corrected chi connectivity index (χ4v) is 1.83. The number of rotatable bonds is 6. The van der Waals surface area contributed by atoms with Crippen molar-refractivity contribution in [3.05, 3.63) is 15.8 Å². The first-order valence-corrected chi connectivity index (χ1v) is 6.17. The number of nitro groups is 1. The van der Waals surface area contributed by atoms with E-state index in [9.17, 15) is 15.2 Å². The summed E-state index contributed by atoms with van der Waals surface area (Å²) in [6, 6.07) is 0. The SMILES string of the molecule is CCNc1nc(C)c([N+](=O)[O-])c(NC2(CO)CC2)n1. The van der Waals surface area contributed by atoms with E-state index in [-0.39, 0.29) is 18.1 Å². The van der Waals surface area contributed by atoms with Crippen molar-refractivity contribution in [1.82, 2.24) is 9.97 Å². The van der Waals surface area contributed by atoms with Gasteiger partial charge in [-0.05, 0) is 26.7 Å². The van der Waals surface area contributed by atoms with Crippen molar-refractivity contribution in [3.63, 3.8) is 0 Å². The molecule has 0 saturated heterocycles. The predicted octanol–water partition coefficient (Wildman–Crippen LogP) is 1.06. The lowest BCUT2D eigenvalue weighted by molar-refractivity contribution is -0.385. The predicted molar refractivity (Wildman–Crippen MR) is 70.3 cm³/mol. The van der Waals surface area contributed by atoms with Crippen molar-refractivity contribution in [1.29, 1.82) is 0 Å². The Bertz CT molecular complexity index is 501. The van der Waals surface area contributed by atoms with Crippen molar-refractivity contribution < 1.29 is 10.0 Å². The summed E-state index contributed by atoms with van der Waals surface area (Å²) in [6.45, 7) is 4.03. The molecule has 0 unspecified atom stereocenters. The van der Waals surface area contributed by atoms with E-state index in [0.717, 1.165) is 12.8 Å². The minimum absolute atomic E-state index is 0.0657. The highest BCUT2D eigenvalue weighted by molar-refractivity contribution is 5.62. The van der Waals surface area contributed by atoms with Crippen LogP contribution in [-0.2, 0) is 0 Å². The Morgan fingerprint density at radius 1 is 1.47 bits per heavy atom. The fourth-order valence-electron chi connectivity index (χ4n) is 1.83. The summed E-state index contributed by atoms with van der Waals surface area (Å²) in [5.41, 5.74) is -0.303. The van der Waals surface area contributed by atoms with Gasteiger partial charge in [0.25, 0.3) is 0 Å². The van der Waals surface area contributed by atoms with E-state index in [2.05, 4.69) is 20.6 Å². The monoisotopic (exact) mass is 267 g/mol. The number of nitrogens with zero attached hydrogens (tertiary/aromatic N) is 3. The molecule has 3 N–H and O–H groups in total. The third-order valence-corrected chi connectivity index (χ3v) is 3.12. The molecule has 0 spiro atoms. The Morgan fingerprint density at radius 3 is 2.63 bits per heavy atom. The molecule has 1 aromatic heterocycles. The number of aryl methyl sites for hydroxylation is 1. The van der Waals surface area contributed by atoms with Gasteiger partial charge in [0.15, 0.2) is 0 Å². The number of aromatic nitrogens is 2. The van der Waals surface area contributed by atoms with Crippen LogP contribution >= 0.6 is 0 Å². The Morgan fingerprint density at radius 2 is 2.16 bits per heavy atom. The van der Waals surface area contributed by atoms with Gasteiger partial charge in [-0.2, -0.15) is 4.98 Å². The second-order valence-electron chi connectivity index (χ2n) is 4.68. The van der Waals surface area contributed by atoms with E-state index in [1.165, 1.54) is 0 Å². The van der Waals surface area contributed by atoms with Crippen LogP contribution in [0.25, 0.3) is 0 Å². The van der Waals surface area contributed by atoms with Crippen molar-refractivity contribution in [3.8, 4) is 0 Å². The lowest BCUT2D eigenvalue weighted by Crippen LogP contribution is -2.27. The number of hydrogen-bond donors (Lipinski definition) is 3. The van der Waals surface area contributed by atoms with Crippen LogP contribution in [0.5, 0.6) is 0 Å². The summed E-state index contributed by atoms with van der Waals surface area (Å²) >= 11 is 0. The Kier molecular flexibility index (Phi) is 3.52. The zero-order valence-electron chi connectivity index (χ0n) is 10.9. The van der Waals surface area contributed by atoms with Crippen molar-refractivity contribution in [2.75, 3.05) is 23.8 Å². The molecule has 1 aliphatic rings. The Labute approximate surface area is 110 Å². The number of nitrogens with one attached hydrogen (secondary N) is 2. The van der Waals surface area contributed by atoms with Crippen LogP contribution in [-0.4, -0.2) is 38.7 Å². The molecule has 0 aromatic carbocycles. The molecule has 8 heteroatoms. The average Bonchev–Trinajstić information content (AvgIpc) is 3.09. The van der Waals surface area contributed by atoms with Gasteiger partial charge in [0.05, 0.1) is 17.1 Å². The van der Waals surface area contributed by atoms with Crippen LogP contribution in [0.3, 0.4) is 0 Å². The maximum Gasteiger partial charge on any atom is 0.332 e. The number of aliphatic hydroxyl groups is 1. The number of hydrogen-bond acceptors (Lipinski definition) is 7. The largest absolute Gasteiger partial charge is 0.394 e. The summed E-state index contributed by atoms with van der Waals surface area (Å²) in [5, 5.41) is 26.3. The summed E-state index contributed by atoms with van der Waals surface area (Å²) in [4.78, 5) is 18.8. The first-order chi connectivity index (χ1) is 9.01. The summed E-state index contributed by atoms with van der Waals surface area (Å²) in [6.07, 6.45) is 1.56. The normalized spacial score (nSPS) is 15.9. The van der Waals surface area contributed by atoms with Gasteiger partial charge in [0, 0.05) is 6.54 Å². The van der Waals surface area contributed by atoms with Gasteiger partial charge in [0.1, 0.15) is 5.69 Å². The van der Waals surface area contributed by atoms with Crippen molar-refractivity contribution >= 4 is 17.5 Å². The van der Waals surface area contributed by atoms with Crippen molar-refractivity contribution in [2.45, 2.75) is 32.2 Å². The molecule has 0 aliphatic heterocycles. The van der Waals surface area contributed by atoms with Crippen LogP contribution in [0, 0.1) is 17.0 Å². The molecular weight excluding hydrogens is 250 g/mol. The van der Waals surface area contributed by atoms with E-state index in [1.54, 1.807) is 6.92 Å². The fraction of sp³-hybridized carbons (Fsp3) is 0.636. The summed E-state index contributed by atoms with van der Waals surface area (Å²) < 4.78 is 0. The molecule has 0 atom stereocenters. The van der Waals surface area contributed by atoms with Crippen LogP contribution < -0.4 is 10.6 Å². The van der Waals surface area contributed by atoms with Crippen LogP contribution in [0.2, 0.25) is 0 Å². The van der Waals surface area contributed by atoms with E-state index < -0.39 is 10.5 Å². The third-order valence-electron chi connectivity index (χ3n) is 3.12. The minimum atomic E-state index is -0.499. The first kappa shape index (κ1) is 13.5. The van der Waals surface area contributed by atoms with E-state index >= 15 is 0 Å². The first-order valence-electron chi connectivity index (χ1n) is 6.17. The highest BCUT2D eigenvalue weighted by atomic mass is 16.6. The lowest BCUT2D eigenvalue weighted by Gasteiger charge is -2.16. The number of aliphatic hydroxyl groups excluding tert-OH is 1. The molecule has 0 bridgehead atoms. The van der Waals surface area contributed by atoms with Crippen LogP contribution in [0.4, 0.5) is 17.5 Å². The second kappa shape index (κ2) is 4.96. The van der Waals surface area contributed by atoms with Gasteiger partial charge < -0.3 is 15.7 Å². The van der Waals surface area contributed by atoms with Gasteiger partial charge >= 0.3 is 5.69 Å². The van der Waals surface area contributed by atoms with Gasteiger partial charge in [-0.15, -0.1) is 0 Å². The minimum Gasteiger partial charge on any atom is -0.394 e. The lowest BCUT2D eigenvalue weighted by atomic mass is 10.2. The maximum absolute atomic E-state index is 11.1. The van der Waals surface area contributed by atoms with Crippen LogP contribution in [0.15, 0.2) is 0 Å².